The number of fused-ring (bicyclic) bond motifs is 3. The molecule has 5 aromatic rings. The number of thioether (sulfide) groups is 1. The highest BCUT2D eigenvalue weighted by molar-refractivity contribution is 8.00. The van der Waals surface area contributed by atoms with Crippen LogP contribution in [0.2, 0.25) is 0 Å². The summed E-state index contributed by atoms with van der Waals surface area (Å²) in [6, 6.07) is 24.1. The number of aryl methyl sites for hydroxylation is 1. The van der Waals surface area contributed by atoms with E-state index in [1.807, 2.05) is 61.5 Å². The van der Waals surface area contributed by atoms with Crippen LogP contribution in [0.5, 0.6) is 0 Å². The summed E-state index contributed by atoms with van der Waals surface area (Å²) in [4.78, 5) is 55.7. The third kappa shape index (κ3) is 4.22. The van der Waals surface area contributed by atoms with Gasteiger partial charge in [-0.2, -0.15) is 0 Å². The molecule has 3 amide bonds. The Morgan fingerprint density at radius 2 is 1.71 bits per heavy atom. The lowest BCUT2D eigenvalue weighted by Crippen LogP contribution is -2.32. The summed E-state index contributed by atoms with van der Waals surface area (Å²) < 4.78 is 7.16. The Bertz CT molecular complexity index is 1890. The highest BCUT2D eigenvalue weighted by atomic mass is 32.2. The van der Waals surface area contributed by atoms with Crippen molar-refractivity contribution in [2.24, 2.45) is 5.92 Å². The summed E-state index contributed by atoms with van der Waals surface area (Å²) in [5, 5.41) is 4.57. The normalized spacial score (nSPS) is 19.8. The monoisotopic (exact) mass is 581 g/mol. The molecule has 1 fully saturated rings. The van der Waals surface area contributed by atoms with Gasteiger partial charge in [0.15, 0.2) is 0 Å². The number of hydrogen-bond acceptors (Lipinski definition) is 7. The zero-order valence-electron chi connectivity index (χ0n) is 21.8. The van der Waals surface area contributed by atoms with Crippen LogP contribution in [0.15, 0.2) is 99.4 Å². The maximum absolute atomic E-state index is 13.8. The summed E-state index contributed by atoms with van der Waals surface area (Å²) >= 11 is 2.17. The third-order valence-electron chi connectivity index (χ3n) is 7.56. The molecule has 3 unspecified atom stereocenters. The summed E-state index contributed by atoms with van der Waals surface area (Å²) in [6.45, 7) is 1.71. The van der Waals surface area contributed by atoms with Gasteiger partial charge >= 0.3 is 4.87 Å². The summed E-state index contributed by atoms with van der Waals surface area (Å²) in [7, 11) is 0. The molecule has 1 saturated heterocycles. The lowest BCUT2D eigenvalue weighted by molar-refractivity contribution is -0.122. The van der Waals surface area contributed by atoms with Gasteiger partial charge < -0.3 is 9.73 Å². The number of nitrogens with zero attached hydrogens (tertiary/aromatic N) is 2. The molecule has 3 atom stereocenters. The van der Waals surface area contributed by atoms with Crippen LogP contribution in [0.4, 0.5) is 11.4 Å². The van der Waals surface area contributed by atoms with E-state index in [2.05, 4.69) is 5.32 Å². The van der Waals surface area contributed by atoms with Crippen LogP contribution in [0.1, 0.15) is 22.1 Å². The average molecular weight is 582 g/mol. The topological polar surface area (TPSA) is 102 Å². The molecule has 3 aromatic carbocycles. The second-order valence-corrected chi connectivity index (χ2v) is 12.2. The first-order chi connectivity index (χ1) is 19.9. The number of anilines is 2. The van der Waals surface area contributed by atoms with Gasteiger partial charge in [-0.05, 0) is 42.6 Å². The molecule has 2 aromatic heterocycles. The number of rotatable bonds is 5. The van der Waals surface area contributed by atoms with Crippen molar-refractivity contribution in [2.45, 2.75) is 29.7 Å². The van der Waals surface area contributed by atoms with E-state index in [4.69, 9.17) is 4.42 Å². The van der Waals surface area contributed by atoms with Crippen molar-refractivity contribution in [1.82, 2.24) is 4.57 Å². The molecule has 0 spiro atoms. The number of aromatic nitrogens is 1. The zero-order chi connectivity index (χ0) is 28.2. The molecule has 1 N–H and O–H groups in total. The van der Waals surface area contributed by atoms with Gasteiger partial charge in [-0.15, -0.1) is 0 Å². The van der Waals surface area contributed by atoms with Crippen molar-refractivity contribution in [1.29, 1.82) is 0 Å². The van der Waals surface area contributed by atoms with Gasteiger partial charge in [0.1, 0.15) is 17.6 Å². The number of carbonyl (C=O) groups is 3. The first-order valence-electron chi connectivity index (χ1n) is 13.1. The van der Waals surface area contributed by atoms with Gasteiger partial charge in [-0.3, -0.25) is 23.7 Å². The maximum atomic E-state index is 13.8. The number of furan rings is 1. The Kier molecular flexibility index (Phi) is 6.17. The fraction of sp³-hybridized carbons (Fsp3) is 0.161. The largest absolute Gasteiger partial charge is 0.469 e. The highest BCUT2D eigenvalue weighted by Gasteiger charge is 2.57. The number of imide groups is 1. The molecule has 10 heteroatoms. The minimum atomic E-state index is -0.771. The number of benzene rings is 3. The third-order valence-corrected chi connectivity index (χ3v) is 10.2. The Morgan fingerprint density at radius 1 is 0.927 bits per heavy atom. The Labute approximate surface area is 242 Å². The fourth-order valence-corrected chi connectivity index (χ4v) is 8.40. The predicted molar refractivity (Wildman–Crippen MR) is 159 cm³/mol. The molecule has 204 valence electrons. The summed E-state index contributed by atoms with van der Waals surface area (Å²) in [5.74, 6) is -1.91. The Hall–Kier alpha value is -4.41. The van der Waals surface area contributed by atoms with E-state index in [1.54, 1.807) is 24.3 Å². The summed E-state index contributed by atoms with van der Waals surface area (Å²) in [6.07, 6.45) is 1.52. The van der Waals surface area contributed by atoms with Crippen LogP contribution in [-0.4, -0.2) is 27.5 Å². The molecule has 7 rings (SSSR count). The average Bonchev–Trinajstić information content (AvgIpc) is 3.67. The van der Waals surface area contributed by atoms with Gasteiger partial charge in [0.2, 0.25) is 17.7 Å². The minimum Gasteiger partial charge on any atom is -0.469 e. The number of carbonyl (C=O) groups excluding carboxylic acids is 3. The number of hydrogen-bond donors (Lipinski definition) is 1. The van der Waals surface area contributed by atoms with E-state index in [0.717, 1.165) is 27.7 Å². The van der Waals surface area contributed by atoms with Crippen molar-refractivity contribution < 1.29 is 18.8 Å². The van der Waals surface area contributed by atoms with Crippen LogP contribution in [-0.2, 0) is 20.9 Å². The molecule has 41 heavy (non-hydrogen) atoms. The van der Waals surface area contributed by atoms with Crippen molar-refractivity contribution in [3.05, 3.63) is 111 Å². The van der Waals surface area contributed by atoms with E-state index in [-0.39, 0.29) is 29.1 Å². The predicted octanol–water partition coefficient (Wildman–Crippen LogP) is 5.40. The van der Waals surface area contributed by atoms with E-state index in [0.29, 0.717) is 27.0 Å². The second kappa shape index (κ2) is 9.90. The molecule has 4 heterocycles. The van der Waals surface area contributed by atoms with Gasteiger partial charge in [0.05, 0.1) is 33.7 Å². The quantitative estimate of drug-likeness (QED) is 0.279. The van der Waals surface area contributed by atoms with Crippen molar-refractivity contribution in [3.63, 3.8) is 0 Å². The molecule has 0 radical (unpaired) electrons. The Morgan fingerprint density at radius 3 is 2.49 bits per heavy atom. The van der Waals surface area contributed by atoms with Crippen LogP contribution in [0.3, 0.4) is 0 Å². The lowest BCUT2D eigenvalue weighted by atomic mass is 9.87. The van der Waals surface area contributed by atoms with E-state index < -0.39 is 17.1 Å². The summed E-state index contributed by atoms with van der Waals surface area (Å²) in [5.41, 5.74) is 2.17. The Balaban J connectivity index is 1.25. The van der Waals surface area contributed by atoms with Gasteiger partial charge in [0.25, 0.3) is 0 Å². The zero-order valence-corrected chi connectivity index (χ0v) is 23.4. The molecular formula is C31H23N3O5S2. The van der Waals surface area contributed by atoms with Gasteiger partial charge in [-0.1, -0.05) is 77.2 Å². The van der Waals surface area contributed by atoms with Crippen molar-refractivity contribution in [3.8, 4) is 0 Å². The lowest BCUT2D eigenvalue weighted by Gasteiger charge is -2.29. The van der Waals surface area contributed by atoms with Gasteiger partial charge in [-0.25, -0.2) is 4.90 Å². The van der Waals surface area contributed by atoms with Crippen molar-refractivity contribution in [2.75, 3.05) is 10.2 Å². The number of nitrogens with one attached hydrogen (secondary N) is 1. The van der Waals surface area contributed by atoms with Crippen molar-refractivity contribution >= 4 is 63.0 Å². The number of thiazole rings is 1. The van der Waals surface area contributed by atoms with Crippen LogP contribution >= 0.6 is 23.1 Å². The molecule has 0 bridgehead atoms. The smallest absolute Gasteiger partial charge is 0.308 e. The van der Waals surface area contributed by atoms with E-state index >= 15 is 0 Å². The fourth-order valence-electron chi connectivity index (χ4n) is 5.65. The van der Waals surface area contributed by atoms with Crippen LogP contribution < -0.4 is 15.1 Å². The standard InChI is InChI=1S/C31H23N3O5S2/c1-17-11-13-19(14-12-17)34-28(36)25-24(22-10-5-15-39-22)27-30(40-26(25)29(34)37)33(31(38)41-27)16-23(35)32-21-9-4-7-18-6-2-3-8-20(18)21/h2-15,24-26H,16H2,1H3,(H,32,35). The number of amides is 3. The SMILES string of the molecule is Cc1ccc(N2C(=O)C3Sc4c(sc(=O)n4CC(=O)Nc4cccc5ccccc45)C(c4ccco4)C3C2=O)cc1. The molecule has 0 saturated carbocycles. The highest BCUT2D eigenvalue weighted by Crippen LogP contribution is 2.53. The van der Waals surface area contributed by atoms with E-state index in [9.17, 15) is 19.2 Å². The first kappa shape index (κ1) is 25.6. The molecule has 2 aliphatic heterocycles. The second-order valence-electron chi connectivity index (χ2n) is 10.1. The molecule has 0 aliphatic carbocycles. The molecular weight excluding hydrogens is 558 g/mol. The maximum Gasteiger partial charge on any atom is 0.308 e. The molecule has 8 nitrogen and oxygen atoms in total. The van der Waals surface area contributed by atoms with Crippen LogP contribution in [0, 0.1) is 12.8 Å². The van der Waals surface area contributed by atoms with Gasteiger partial charge in [0, 0.05) is 11.1 Å². The van der Waals surface area contributed by atoms with E-state index in [1.165, 1.54) is 27.5 Å². The first-order valence-corrected chi connectivity index (χ1v) is 14.8. The minimum absolute atomic E-state index is 0.229. The molecule has 2 aliphatic rings. The van der Waals surface area contributed by atoms with Crippen LogP contribution in [0.25, 0.3) is 10.8 Å².